The Kier molecular flexibility index (Phi) is 6.69. The van der Waals surface area contributed by atoms with Gasteiger partial charge in [0.15, 0.2) is 0 Å². The lowest BCUT2D eigenvalue weighted by molar-refractivity contribution is 0.0836. The summed E-state index contributed by atoms with van der Waals surface area (Å²) in [5, 5.41) is 3.38. The van der Waals surface area contributed by atoms with Gasteiger partial charge in [-0.05, 0) is 38.4 Å². The Morgan fingerprint density at radius 3 is 3.00 bits per heavy atom. The second-order valence-corrected chi connectivity index (χ2v) is 4.76. The third-order valence-corrected chi connectivity index (χ3v) is 2.83. The highest BCUT2D eigenvalue weighted by atomic mass is 16.5. The summed E-state index contributed by atoms with van der Waals surface area (Å²) >= 11 is 0. The SMILES string of the molecule is C=C(CNCCC)CN(C)CC1CCCO1. The first-order valence-electron chi connectivity index (χ1n) is 6.40. The highest BCUT2D eigenvalue weighted by molar-refractivity contribution is 4.99. The van der Waals surface area contributed by atoms with Crippen molar-refractivity contribution in [3.63, 3.8) is 0 Å². The topological polar surface area (TPSA) is 24.5 Å². The zero-order chi connectivity index (χ0) is 11.8. The van der Waals surface area contributed by atoms with Gasteiger partial charge in [0.05, 0.1) is 6.10 Å². The minimum atomic E-state index is 0.446. The maximum absolute atomic E-state index is 5.62. The number of ether oxygens (including phenoxy) is 1. The quantitative estimate of drug-likeness (QED) is 0.503. The van der Waals surface area contributed by atoms with Gasteiger partial charge in [-0.1, -0.05) is 13.5 Å². The van der Waals surface area contributed by atoms with Crippen molar-refractivity contribution >= 4 is 0 Å². The minimum Gasteiger partial charge on any atom is -0.377 e. The second-order valence-electron chi connectivity index (χ2n) is 4.76. The molecule has 94 valence electrons. The predicted molar refractivity (Wildman–Crippen MR) is 68.8 cm³/mol. The van der Waals surface area contributed by atoms with Crippen LogP contribution >= 0.6 is 0 Å². The van der Waals surface area contributed by atoms with Gasteiger partial charge in [-0.25, -0.2) is 0 Å². The maximum Gasteiger partial charge on any atom is 0.0702 e. The third kappa shape index (κ3) is 5.64. The molecule has 1 atom stereocenters. The van der Waals surface area contributed by atoms with Crippen molar-refractivity contribution in [2.75, 3.05) is 39.8 Å². The van der Waals surface area contributed by atoms with Crippen LogP contribution in [0.5, 0.6) is 0 Å². The van der Waals surface area contributed by atoms with E-state index in [1.165, 1.54) is 24.8 Å². The van der Waals surface area contributed by atoms with Gasteiger partial charge >= 0.3 is 0 Å². The van der Waals surface area contributed by atoms with Crippen LogP contribution in [-0.2, 0) is 4.74 Å². The van der Waals surface area contributed by atoms with E-state index in [2.05, 4.69) is 30.8 Å². The van der Waals surface area contributed by atoms with E-state index >= 15 is 0 Å². The summed E-state index contributed by atoms with van der Waals surface area (Å²) in [5.74, 6) is 0. The van der Waals surface area contributed by atoms with Gasteiger partial charge in [0.25, 0.3) is 0 Å². The van der Waals surface area contributed by atoms with Crippen molar-refractivity contribution in [3.05, 3.63) is 12.2 Å². The average molecular weight is 226 g/mol. The maximum atomic E-state index is 5.62. The summed E-state index contributed by atoms with van der Waals surface area (Å²) in [4.78, 5) is 2.31. The third-order valence-electron chi connectivity index (χ3n) is 2.83. The van der Waals surface area contributed by atoms with Crippen molar-refractivity contribution in [2.45, 2.75) is 32.3 Å². The van der Waals surface area contributed by atoms with Crippen LogP contribution < -0.4 is 5.32 Å². The molecule has 1 saturated heterocycles. The lowest BCUT2D eigenvalue weighted by atomic mass is 10.2. The molecule has 1 fully saturated rings. The summed E-state index contributed by atoms with van der Waals surface area (Å²) in [6.07, 6.45) is 4.06. The summed E-state index contributed by atoms with van der Waals surface area (Å²) in [7, 11) is 2.15. The molecule has 3 heteroatoms. The zero-order valence-electron chi connectivity index (χ0n) is 10.8. The van der Waals surface area contributed by atoms with Gasteiger partial charge < -0.3 is 10.1 Å². The van der Waals surface area contributed by atoms with E-state index in [4.69, 9.17) is 4.74 Å². The molecule has 0 aromatic heterocycles. The molecule has 0 aromatic carbocycles. The molecule has 1 rings (SSSR count). The van der Waals surface area contributed by atoms with Crippen molar-refractivity contribution in [3.8, 4) is 0 Å². The summed E-state index contributed by atoms with van der Waals surface area (Å²) in [6, 6.07) is 0. The number of hydrogen-bond donors (Lipinski definition) is 1. The number of nitrogens with zero attached hydrogens (tertiary/aromatic N) is 1. The number of nitrogens with one attached hydrogen (secondary N) is 1. The van der Waals surface area contributed by atoms with Crippen molar-refractivity contribution in [2.24, 2.45) is 0 Å². The van der Waals surface area contributed by atoms with Gasteiger partial charge in [0, 0.05) is 26.2 Å². The first-order valence-corrected chi connectivity index (χ1v) is 6.40. The summed E-state index contributed by atoms with van der Waals surface area (Å²) < 4.78 is 5.62. The van der Waals surface area contributed by atoms with Crippen LogP contribution in [0, 0.1) is 0 Å². The van der Waals surface area contributed by atoms with E-state index in [1.807, 2.05) is 0 Å². The van der Waals surface area contributed by atoms with E-state index in [9.17, 15) is 0 Å². The molecule has 0 amide bonds. The molecule has 0 aromatic rings. The van der Waals surface area contributed by atoms with Crippen LogP contribution in [0.3, 0.4) is 0 Å². The van der Waals surface area contributed by atoms with Gasteiger partial charge in [0.1, 0.15) is 0 Å². The predicted octanol–water partition coefficient (Wildman–Crippen LogP) is 1.65. The van der Waals surface area contributed by atoms with Gasteiger partial charge in [0.2, 0.25) is 0 Å². The van der Waals surface area contributed by atoms with Crippen LogP contribution in [-0.4, -0.2) is 50.8 Å². The lowest BCUT2D eigenvalue weighted by Gasteiger charge is -2.21. The standard InChI is InChI=1S/C13H26N2O/c1-4-7-14-9-12(2)10-15(3)11-13-6-5-8-16-13/h13-14H,2,4-11H2,1,3H3. The molecule has 0 aliphatic carbocycles. The first kappa shape index (κ1) is 13.7. The molecule has 1 heterocycles. The monoisotopic (exact) mass is 226 g/mol. The van der Waals surface area contributed by atoms with Crippen molar-refractivity contribution in [1.82, 2.24) is 10.2 Å². The van der Waals surface area contributed by atoms with Crippen molar-refractivity contribution in [1.29, 1.82) is 0 Å². The average Bonchev–Trinajstić information content (AvgIpc) is 2.70. The van der Waals surface area contributed by atoms with E-state index < -0.39 is 0 Å². The Hall–Kier alpha value is -0.380. The molecular formula is C13H26N2O. The van der Waals surface area contributed by atoms with Gasteiger partial charge in [-0.2, -0.15) is 0 Å². The van der Waals surface area contributed by atoms with Crippen LogP contribution in [0.25, 0.3) is 0 Å². The van der Waals surface area contributed by atoms with Gasteiger partial charge in [-0.3, -0.25) is 4.90 Å². The summed E-state index contributed by atoms with van der Waals surface area (Å²) in [6.45, 7) is 11.2. The molecule has 0 spiro atoms. The van der Waals surface area contributed by atoms with Crippen LogP contribution in [0.1, 0.15) is 26.2 Å². The van der Waals surface area contributed by atoms with E-state index in [-0.39, 0.29) is 0 Å². The Morgan fingerprint density at radius 2 is 2.38 bits per heavy atom. The van der Waals surface area contributed by atoms with Crippen LogP contribution in [0.15, 0.2) is 12.2 Å². The number of rotatable bonds is 8. The molecule has 0 radical (unpaired) electrons. The molecule has 1 aliphatic heterocycles. The summed E-state index contributed by atoms with van der Waals surface area (Å²) in [5.41, 5.74) is 1.26. The number of likely N-dealkylation sites (N-methyl/N-ethyl adjacent to an activating group) is 1. The second kappa shape index (κ2) is 7.82. The fourth-order valence-corrected chi connectivity index (χ4v) is 2.08. The van der Waals surface area contributed by atoms with Crippen LogP contribution in [0.2, 0.25) is 0 Å². The molecule has 0 saturated carbocycles. The fourth-order valence-electron chi connectivity index (χ4n) is 2.08. The largest absolute Gasteiger partial charge is 0.377 e. The van der Waals surface area contributed by atoms with E-state index in [0.29, 0.717) is 6.10 Å². The fraction of sp³-hybridized carbons (Fsp3) is 0.846. The van der Waals surface area contributed by atoms with Gasteiger partial charge in [-0.15, -0.1) is 0 Å². The van der Waals surface area contributed by atoms with Crippen LogP contribution in [0.4, 0.5) is 0 Å². The van der Waals surface area contributed by atoms with E-state index in [0.717, 1.165) is 32.8 Å². The Bertz CT molecular complexity index is 200. The molecular weight excluding hydrogens is 200 g/mol. The van der Waals surface area contributed by atoms with Crippen molar-refractivity contribution < 1.29 is 4.74 Å². The minimum absolute atomic E-state index is 0.446. The smallest absolute Gasteiger partial charge is 0.0702 e. The van der Waals surface area contributed by atoms with E-state index in [1.54, 1.807) is 0 Å². The lowest BCUT2D eigenvalue weighted by Crippen LogP contribution is -2.32. The molecule has 3 nitrogen and oxygen atoms in total. The molecule has 1 aliphatic rings. The zero-order valence-corrected chi connectivity index (χ0v) is 10.8. The number of hydrogen-bond acceptors (Lipinski definition) is 3. The molecule has 16 heavy (non-hydrogen) atoms. The first-order chi connectivity index (χ1) is 7.72. The highest BCUT2D eigenvalue weighted by Gasteiger charge is 2.17. The Labute approximate surface area is 99.8 Å². The Balaban J connectivity index is 2.07. The Morgan fingerprint density at radius 1 is 1.56 bits per heavy atom. The molecule has 1 unspecified atom stereocenters. The molecule has 0 bridgehead atoms. The molecule has 1 N–H and O–H groups in total. The normalized spacial score (nSPS) is 20.6. The highest BCUT2D eigenvalue weighted by Crippen LogP contribution is 2.12.